The molecule has 0 aliphatic rings. The first kappa shape index (κ1) is 22.1. The number of anilines is 1. The number of benzene rings is 4. The number of para-hydroxylation sites is 1. The lowest BCUT2D eigenvalue weighted by molar-refractivity contribution is -0.117. The van der Waals surface area contributed by atoms with E-state index in [1.54, 1.807) is 31.4 Å². The highest BCUT2D eigenvalue weighted by Crippen LogP contribution is 2.33. The van der Waals surface area contributed by atoms with Gasteiger partial charge in [0.2, 0.25) is 5.91 Å². The predicted molar refractivity (Wildman–Crippen MR) is 130 cm³/mol. The maximum atomic E-state index is 13.3. The number of aromatic carboxylic acids is 1. The molecule has 5 heteroatoms. The van der Waals surface area contributed by atoms with Gasteiger partial charge in [0.15, 0.2) is 0 Å². The Labute approximate surface area is 192 Å². The molecule has 0 saturated heterocycles. The number of carboxylic acid groups (broad SMARTS) is 1. The first-order valence-electron chi connectivity index (χ1n) is 10.7. The van der Waals surface area contributed by atoms with E-state index < -0.39 is 11.9 Å². The van der Waals surface area contributed by atoms with Crippen molar-refractivity contribution in [2.24, 2.45) is 0 Å². The summed E-state index contributed by atoms with van der Waals surface area (Å²) in [6.45, 7) is 1.88. The molecular formula is C28H25NO4. The van der Waals surface area contributed by atoms with E-state index in [1.807, 2.05) is 67.6 Å². The molecule has 33 heavy (non-hydrogen) atoms. The average molecular weight is 440 g/mol. The van der Waals surface area contributed by atoms with Crippen molar-refractivity contribution in [3.05, 3.63) is 107 Å². The van der Waals surface area contributed by atoms with E-state index >= 15 is 0 Å². The van der Waals surface area contributed by atoms with Crippen LogP contribution in [0.2, 0.25) is 0 Å². The Bertz CT molecular complexity index is 1320. The minimum atomic E-state index is -0.983. The molecule has 1 atom stereocenters. The third-order valence-electron chi connectivity index (χ3n) is 5.89. The quantitative estimate of drug-likeness (QED) is 0.377. The fourth-order valence-electron chi connectivity index (χ4n) is 4.12. The van der Waals surface area contributed by atoms with Gasteiger partial charge < -0.3 is 15.2 Å². The Morgan fingerprint density at radius 1 is 0.879 bits per heavy atom. The van der Waals surface area contributed by atoms with Crippen LogP contribution in [0.5, 0.6) is 5.75 Å². The topological polar surface area (TPSA) is 75.6 Å². The molecule has 1 unspecified atom stereocenters. The molecule has 5 nitrogen and oxygen atoms in total. The third kappa shape index (κ3) is 4.58. The normalized spacial score (nSPS) is 11.7. The van der Waals surface area contributed by atoms with Crippen LogP contribution in [0, 0.1) is 0 Å². The van der Waals surface area contributed by atoms with Crippen LogP contribution in [0.25, 0.3) is 10.8 Å². The molecule has 166 valence electrons. The molecule has 0 aliphatic heterocycles. The van der Waals surface area contributed by atoms with Gasteiger partial charge in [0.25, 0.3) is 0 Å². The maximum absolute atomic E-state index is 13.3. The smallest absolute Gasteiger partial charge is 0.335 e. The summed E-state index contributed by atoms with van der Waals surface area (Å²) in [6, 6.07) is 26.3. The van der Waals surface area contributed by atoms with Crippen molar-refractivity contribution in [1.29, 1.82) is 0 Å². The summed E-state index contributed by atoms with van der Waals surface area (Å²) in [7, 11) is 1.55. The van der Waals surface area contributed by atoms with Crippen molar-refractivity contribution in [2.75, 3.05) is 12.4 Å². The molecule has 4 rings (SSSR count). The number of carboxylic acids is 1. The summed E-state index contributed by atoms with van der Waals surface area (Å²) in [5, 5.41) is 14.7. The second-order valence-electron chi connectivity index (χ2n) is 7.91. The molecule has 0 fully saturated rings. The van der Waals surface area contributed by atoms with Gasteiger partial charge in [0.05, 0.1) is 24.3 Å². The summed E-state index contributed by atoms with van der Waals surface area (Å²) in [5.41, 5.74) is 3.18. The fourth-order valence-corrected chi connectivity index (χ4v) is 4.12. The second kappa shape index (κ2) is 9.57. The van der Waals surface area contributed by atoms with Crippen molar-refractivity contribution >= 4 is 28.3 Å². The van der Waals surface area contributed by atoms with Crippen LogP contribution in [0.3, 0.4) is 0 Å². The number of methoxy groups -OCH3 is 1. The van der Waals surface area contributed by atoms with Crippen LogP contribution < -0.4 is 10.1 Å². The highest BCUT2D eigenvalue weighted by atomic mass is 16.5. The molecule has 0 saturated carbocycles. The molecule has 2 N–H and O–H groups in total. The van der Waals surface area contributed by atoms with Crippen molar-refractivity contribution < 1.29 is 19.4 Å². The van der Waals surface area contributed by atoms with Crippen molar-refractivity contribution in [3.8, 4) is 5.75 Å². The molecule has 0 aliphatic carbocycles. The van der Waals surface area contributed by atoms with Crippen LogP contribution >= 0.6 is 0 Å². The zero-order valence-electron chi connectivity index (χ0n) is 18.5. The van der Waals surface area contributed by atoms with Gasteiger partial charge >= 0.3 is 5.97 Å². The molecule has 1 amide bonds. The number of fused-ring (bicyclic) bond motifs is 1. The highest BCUT2D eigenvalue weighted by molar-refractivity contribution is 6.00. The van der Waals surface area contributed by atoms with Gasteiger partial charge in [-0.1, -0.05) is 72.8 Å². The molecule has 0 bridgehead atoms. The number of carbonyl (C=O) groups is 2. The Morgan fingerprint density at radius 2 is 1.55 bits per heavy atom. The number of nitrogens with one attached hydrogen (secondary N) is 1. The lowest BCUT2D eigenvalue weighted by Gasteiger charge is -2.19. The number of amides is 1. The average Bonchev–Trinajstić information content (AvgIpc) is 2.84. The predicted octanol–water partition coefficient (Wildman–Crippen LogP) is 5.88. The van der Waals surface area contributed by atoms with Gasteiger partial charge in [-0.25, -0.2) is 4.79 Å². The van der Waals surface area contributed by atoms with Gasteiger partial charge in [-0.2, -0.15) is 0 Å². The number of ether oxygens (including phenoxy) is 1. The number of hydrogen-bond acceptors (Lipinski definition) is 3. The Hall–Kier alpha value is -4.12. The second-order valence-corrected chi connectivity index (χ2v) is 7.91. The zero-order valence-corrected chi connectivity index (χ0v) is 18.5. The van der Waals surface area contributed by atoms with Gasteiger partial charge in [-0.15, -0.1) is 0 Å². The van der Waals surface area contributed by atoms with Crippen LogP contribution in [0.15, 0.2) is 84.9 Å². The Morgan fingerprint density at radius 3 is 2.33 bits per heavy atom. The van der Waals surface area contributed by atoms with E-state index in [-0.39, 0.29) is 11.5 Å². The molecule has 4 aromatic rings. The Kier molecular flexibility index (Phi) is 6.41. The minimum absolute atomic E-state index is 0.163. The van der Waals surface area contributed by atoms with Gasteiger partial charge in [0.1, 0.15) is 5.75 Å². The molecule has 0 radical (unpaired) electrons. The van der Waals surface area contributed by atoms with E-state index in [0.717, 1.165) is 21.9 Å². The molecule has 0 spiro atoms. The van der Waals surface area contributed by atoms with E-state index in [4.69, 9.17) is 4.74 Å². The Balaban J connectivity index is 1.68. The van der Waals surface area contributed by atoms with E-state index in [9.17, 15) is 14.7 Å². The molecule has 0 heterocycles. The number of rotatable bonds is 7. The summed E-state index contributed by atoms with van der Waals surface area (Å²) in [6.07, 6.45) is 0.345. The fraction of sp³-hybridized carbons (Fsp3) is 0.143. The first-order chi connectivity index (χ1) is 16.0. The largest absolute Gasteiger partial charge is 0.495 e. The highest BCUT2D eigenvalue weighted by Gasteiger charge is 2.21. The standard InChI is InChI=1S/C28H25NO4/c1-18(22-15-7-11-19-9-3-5-13-23(19)22)27(30)29-26-21(12-8-16-25(26)33-2)17-20-10-4-6-14-24(20)28(31)32/h3-16,18H,17H2,1-2H3,(H,29,30)(H,31,32). The summed E-state index contributed by atoms with van der Waals surface area (Å²) >= 11 is 0. The van der Waals surface area contributed by atoms with Crippen LogP contribution in [0.1, 0.15) is 39.9 Å². The van der Waals surface area contributed by atoms with Crippen molar-refractivity contribution in [1.82, 2.24) is 0 Å². The van der Waals surface area contributed by atoms with Gasteiger partial charge in [0, 0.05) is 6.42 Å². The van der Waals surface area contributed by atoms with Gasteiger partial charge in [-0.05, 0) is 46.5 Å². The SMILES string of the molecule is COc1cccc(Cc2ccccc2C(=O)O)c1NC(=O)C(C)c1cccc2ccccc12. The summed E-state index contributed by atoms with van der Waals surface area (Å²) in [4.78, 5) is 25.0. The zero-order chi connectivity index (χ0) is 23.4. The van der Waals surface area contributed by atoms with Crippen LogP contribution in [0.4, 0.5) is 5.69 Å². The van der Waals surface area contributed by atoms with Crippen LogP contribution in [-0.4, -0.2) is 24.1 Å². The first-order valence-corrected chi connectivity index (χ1v) is 10.7. The monoisotopic (exact) mass is 439 g/mol. The maximum Gasteiger partial charge on any atom is 0.335 e. The minimum Gasteiger partial charge on any atom is -0.495 e. The lowest BCUT2D eigenvalue weighted by Crippen LogP contribution is -2.20. The van der Waals surface area contributed by atoms with E-state index in [1.165, 1.54) is 0 Å². The number of hydrogen-bond donors (Lipinski definition) is 2. The van der Waals surface area contributed by atoms with Gasteiger partial charge in [-0.3, -0.25) is 4.79 Å². The molecular weight excluding hydrogens is 414 g/mol. The lowest BCUT2D eigenvalue weighted by atomic mass is 9.93. The van der Waals surface area contributed by atoms with Crippen LogP contribution in [-0.2, 0) is 11.2 Å². The third-order valence-corrected chi connectivity index (χ3v) is 5.89. The van der Waals surface area contributed by atoms with Crippen molar-refractivity contribution in [3.63, 3.8) is 0 Å². The van der Waals surface area contributed by atoms with Crippen molar-refractivity contribution in [2.45, 2.75) is 19.3 Å². The summed E-state index contributed by atoms with van der Waals surface area (Å²) in [5.74, 6) is -1.02. The van der Waals surface area contributed by atoms with E-state index in [2.05, 4.69) is 5.32 Å². The molecule has 4 aromatic carbocycles. The summed E-state index contributed by atoms with van der Waals surface area (Å²) < 4.78 is 5.53. The number of carbonyl (C=O) groups excluding carboxylic acids is 1. The van der Waals surface area contributed by atoms with E-state index in [0.29, 0.717) is 23.4 Å². The molecule has 0 aromatic heterocycles.